The molecule has 1 saturated carbocycles. The van der Waals surface area contributed by atoms with E-state index in [2.05, 4.69) is 44.4 Å². The van der Waals surface area contributed by atoms with Crippen LogP contribution < -0.4 is 0 Å². The molecule has 174 valence electrons. The van der Waals surface area contributed by atoms with Crippen LogP contribution in [0.25, 0.3) is 5.82 Å². The molecular weight excluding hydrogens is 424 g/mol. The summed E-state index contributed by atoms with van der Waals surface area (Å²) in [6.07, 6.45) is 9.26. The summed E-state index contributed by atoms with van der Waals surface area (Å²) in [5.41, 5.74) is 1.82. The number of aromatic nitrogens is 6. The van der Waals surface area contributed by atoms with Gasteiger partial charge in [0, 0.05) is 18.6 Å². The van der Waals surface area contributed by atoms with Gasteiger partial charge in [-0.3, -0.25) is 14.7 Å². The van der Waals surface area contributed by atoms with E-state index in [4.69, 9.17) is 4.74 Å². The van der Waals surface area contributed by atoms with Gasteiger partial charge in [0.1, 0.15) is 12.9 Å². The first-order chi connectivity index (χ1) is 15.8. The Hall–Kier alpha value is -3.21. The Labute approximate surface area is 191 Å². The van der Waals surface area contributed by atoms with E-state index in [0.717, 1.165) is 43.5 Å². The second-order valence-corrected chi connectivity index (χ2v) is 9.61. The molecule has 1 aliphatic carbocycles. The van der Waals surface area contributed by atoms with Crippen molar-refractivity contribution >= 4 is 11.9 Å². The number of carbonyl (C=O) groups excluding carboxylic acids is 2. The molecule has 1 amide bonds. The Morgan fingerprint density at radius 3 is 2.52 bits per heavy atom. The summed E-state index contributed by atoms with van der Waals surface area (Å²) in [6.45, 7) is 5.54. The van der Waals surface area contributed by atoms with Crippen molar-refractivity contribution in [1.82, 2.24) is 40.0 Å². The van der Waals surface area contributed by atoms with Crippen molar-refractivity contribution in [3.8, 4) is 5.82 Å². The van der Waals surface area contributed by atoms with Crippen molar-refractivity contribution in [2.75, 3.05) is 20.2 Å². The van der Waals surface area contributed by atoms with E-state index in [9.17, 15) is 9.59 Å². The summed E-state index contributed by atoms with van der Waals surface area (Å²) in [7, 11) is 2.10. The average Bonchev–Trinajstić information content (AvgIpc) is 3.54. The summed E-state index contributed by atoms with van der Waals surface area (Å²) in [5, 5.41) is 11.1. The highest BCUT2D eigenvalue weighted by Crippen LogP contribution is 2.50. The number of cyclic esters (lactones) is 1. The largest absolute Gasteiger partial charge is 0.456 e. The van der Waals surface area contributed by atoms with Crippen LogP contribution in [-0.4, -0.2) is 77.6 Å². The van der Waals surface area contributed by atoms with Gasteiger partial charge in [0.25, 0.3) is 0 Å². The molecule has 1 spiro atoms. The van der Waals surface area contributed by atoms with E-state index in [1.165, 1.54) is 11.0 Å². The van der Waals surface area contributed by atoms with Crippen LogP contribution in [0.4, 0.5) is 0 Å². The lowest BCUT2D eigenvalue weighted by molar-refractivity contribution is -0.139. The predicted molar refractivity (Wildman–Crippen MR) is 116 cm³/mol. The molecule has 33 heavy (non-hydrogen) atoms. The minimum Gasteiger partial charge on any atom is -0.456 e. The lowest BCUT2D eigenvalue weighted by Gasteiger charge is -2.47. The number of amides is 1. The number of hydrogen-bond donors (Lipinski definition) is 0. The summed E-state index contributed by atoms with van der Waals surface area (Å²) in [6, 6.07) is 0. The minimum absolute atomic E-state index is 0.0310. The predicted octanol–water partition coefficient (Wildman–Crippen LogP) is 1.27. The quantitative estimate of drug-likeness (QED) is 0.618. The zero-order valence-corrected chi connectivity index (χ0v) is 19.2. The van der Waals surface area contributed by atoms with Crippen molar-refractivity contribution in [2.24, 2.45) is 5.41 Å². The van der Waals surface area contributed by atoms with E-state index >= 15 is 0 Å². The second kappa shape index (κ2) is 7.98. The van der Waals surface area contributed by atoms with Crippen LogP contribution >= 0.6 is 0 Å². The summed E-state index contributed by atoms with van der Waals surface area (Å²) >= 11 is 0. The number of carbonyl (C=O) groups is 2. The van der Waals surface area contributed by atoms with Crippen molar-refractivity contribution in [1.29, 1.82) is 0 Å². The van der Waals surface area contributed by atoms with Gasteiger partial charge in [-0.2, -0.15) is 4.68 Å². The first-order valence-electron chi connectivity index (χ1n) is 11.3. The molecule has 5 rings (SSSR count). The molecule has 11 nitrogen and oxygen atoms in total. The molecule has 3 aliphatic rings. The zero-order chi connectivity index (χ0) is 23.2. The van der Waals surface area contributed by atoms with Crippen LogP contribution in [0.2, 0.25) is 0 Å². The number of tetrazole rings is 1. The third kappa shape index (κ3) is 3.69. The number of esters is 1. The van der Waals surface area contributed by atoms with Gasteiger partial charge in [-0.25, -0.2) is 9.78 Å². The summed E-state index contributed by atoms with van der Waals surface area (Å²) < 4.78 is 6.60. The lowest BCUT2D eigenvalue weighted by atomic mass is 9.66. The molecule has 1 saturated heterocycles. The maximum atomic E-state index is 13.4. The topological polar surface area (TPSA) is 119 Å². The Balaban J connectivity index is 1.22. The Bertz CT molecular complexity index is 1090. The zero-order valence-electron chi connectivity index (χ0n) is 19.2. The smallest absolute Gasteiger partial charge is 0.336 e. The van der Waals surface area contributed by atoms with Gasteiger partial charge in [-0.1, -0.05) is 0 Å². The van der Waals surface area contributed by atoms with Crippen LogP contribution in [-0.2, 0) is 20.9 Å². The molecule has 4 heterocycles. The van der Waals surface area contributed by atoms with Crippen LogP contribution in [0.1, 0.15) is 51.6 Å². The molecular formula is C22H28N8O3. The third-order valence-corrected chi connectivity index (χ3v) is 7.80. The Morgan fingerprint density at radius 2 is 1.91 bits per heavy atom. The number of hydrogen-bond acceptors (Lipinski definition) is 9. The third-order valence-electron chi connectivity index (χ3n) is 7.80. The lowest BCUT2D eigenvalue weighted by Crippen LogP contribution is -2.50. The van der Waals surface area contributed by atoms with Gasteiger partial charge in [0.2, 0.25) is 5.91 Å². The first-order valence-corrected chi connectivity index (χ1v) is 11.3. The SMILES string of the molecule is CC1=C(N2CC[C@]3(CC[C@@](C)(N(C)Cc4cnc(-n5cnnn5)cn4)CC3)C2=O)COC1=O. The van der Waals surface area contributed by atoms with E-state index in [1.807, 2.05) is 0 Å². The first kappa shape index (κ1) is 21.6. The van der Waals surface area contributed by atoms with E-state index in [-0.39, 0.29) is 29.4 Å². The second-order valence-electron chi connectivity index (χ2n) is 9.61. The van der Waals surface area contributed by atoms with E-state index in [0.29, 0.717) is 24.5 Å². The molecule has 2 aromatic rings. The molecule has 0 atom stereocenters. The highest BCUT2D eigenvalue weighted by atomic mass is 16.5. The van der Waals surface area contributed by atoms with E-state index < -0.39 is 0 Å². The summed E-state index contributed by atoms with van der Waals surface area (Å²) in [5.74, 6) is 0.413. The molecule has 0 aromatic carbocycles. The van der Waals surface area contributed by atoms with Crippen molar-refractivity contribution in [3.05, 3.63) is 35.7 Å². The Morgan fingerprint density at radius 1 is 1.12 bits per heavy atom. The number of rotatable bonds is 5. The number of ether oxygens (including phenoxy) is 1. The molecule has 11 heteroatoms. The molecule has 0 radical (unpaired) electrons. The molecule has 0 unspecified atom stereocenters. The van der Waals surface area contributed by atoms with Gasteiger partial charge >= 0.3 is 5.97 Å². The van der Waals surface area contributed by atoms with E-state index in [1.54, 1.807) is 24.2 Å². The molecule has 0 bridgehead atoms. The normalized spacial score (nSPS) is 27.8. The van der Waals surface area contributed by atoms with Crippen LogP contribution in [0, 0.1) is 5.41 Å². The fourth-order valence-corrected chi connectivity index (χ4v) is 5.19. The van der Waals surface area contributed by atoms with Gasteiger partial charge < -0.3 is 9.64 Å². The van der Waals surface area contributed by atoms with Crippen molar-refractivity contribution in [2.45, 2.75) is 58.0 Å². The average molecular weight is 453 g/mol. The standard InChI is InChI=1S/C22H28N8O3/c1-15-17(13-33-19(15)31)29-9-8-22(20(29)32)6-4-21(2,5-7-22)28(3)12-16-10-24-18(11-23-16)30-14-25-26-27-30/h10-11,14H,4-9,12-13H2,1-3H3/t21-,22-. The molecule has 2 fully saturated rings. The van der Waals surface area contributed by atoms with Gasteiger partial charge in [-0.05, 0) is 63.4 Å². The highest BCUT2D eigenvalue weighted by Gasteiger charge is 2.52. The highest BCUT2D eigenvalue weighted by molar-refractivity contribution is 5.94. The van der Waals surface area contributed by atoms with Crippen LogP contribution in [0.3, 0.4) is 0 Å². The summed E-state index contributed by atoms with van der Waals surface area (Å²) in [4.78, 5) is 38.2. The number of nitrogens with zero attached hydrogens (tertiary/aromatic N) is 8. The molecule has 0 N–H and O–H groups in total. The van der Waals surface area contributed by atoms with Crippen LogP contribution in [0.15, 0.2) is 30.0 Å². The fraction of sp³-hybridized carbons (Fsp3) is 0.591. The molecule has 2 aromatic heterocycles. The maximum absolute atomic E-state index is 13.4. The number of likely N-dealkylation sites (tertiary alicyclic amines) is 1. The van der Waals surface area contributed by atoms with Gasteiger partial charge in [0.05, 0.1) is 34.8 Å². The van der Waals surface area contributed by atoms with Gasteiger partial charge in [-0.15, -0.1) is 5.10 Å². The monoisotopic (exact) mass is 452 g/mol. The Kier molecular flexibility index (Phi) is 5.23. The van der Waals surface area contributed by atoms with Crippen molar-refractivity contribution < 1.29 is 14.3 Å². The molecule has 2 aliphatic heterocycles. The van der Waals surface area contributed by atoms with Crippen LogP contribution in [0.5, 0.6) is 0 Å². The maximum Gasteiger partial charge on any atom is 0.336 e. The van der Waals surface area contributed by atoms with Gasteiger partial charge in [0.15, 0.2) is 5.82 Å². The minimum atomic E-state index is -0.327. The fourth-order valence-electron chi connectivity index (χ4n) is 5.19. The van der Waals surface area contributed by atoms with Crippen molar-refractivity contribution in [3.63, 3.8) is 0 Å².